The molecule has 0 aliphatic carbocycles. The number of ether oxygens (including phenoxy) is 3. The number of hydrogen-bond donors (Lipinski definition) is 1. The lowest BCUT2D eigenvalue weighted by Gasteiger charge is -2.10. The molecule has 0 spiro atoms. The van der Waals surface area contributed by atoms with Gasteiger partial charge in [-0.1, -0.05) is 24.3 Å². The lowest BCUT2D eigenvalue weighted by atomic mass is 10.1. The van der Waals surface area contributed by atoms with Gasteiger partial charge in [0.15, 0.2) is 5.78 Å². The van der Waals surface area contributed by atoms with E-state index >= 15 is 0 Å². The molecule has 0 aromatic heterocycles. The number of methoxy groups -OCH3 is 1. The van der Waals surface area contributed by atoms with Crippen molar-refractivity contribution in [2.24, 2.45) is 0 Å². The summed E-state index contributed by atoms with van der Waals surface area (Å²) in [7, 11) is 1.20. The van der Waals surface area contributed by atoms with Gasteiger partial charge in [-0.3, -0.25) is 4.79 Å². The molecule has 2 aromatic carbocycles. The standard InChI is InChI=1S/C17H14O7/c1-22-16(20)12-7-3-5-9-15(12)24-17(21)23-14-8-4-2-6-11(14)13(19)10-18/h2-9,18H,10H2,1H3. The maximum Gasteiger partial charge on any atom is 0.519 e. The zero-order valence-electron chi connectivity index (χ0n) is 12.7. The molecular formula is C17H14O7. The van der Waals surface area contributed by atoms with Gasteiger partial charge >= 0.3 is 12.1 Å². The van der Waals surface area contributed by atoms with Crippen molar-refractivity contribution in [3.8, 4) is 11.5 Å². The van der Waals surface area contributed by atoms with Crippen molar-refractivity contribution in [2.45, 2.75) is 0 Å². The smallest absolute Gasteiger partial charge is 0.465 e. The second-order valence-electron chi connectivity index (χ2n) is 4.52. The molecule has 0 aliphatic rings. The van der Waals surface area contributed by atoms with Crippen molar-refractivity contribution in [1.82, 2.24) is 0 Å². The van der Waals surface area contributed by atoms with E-state index < -0.39 is 24.5 Å². The fraction of sp³-hybridized carbons (Fsp3) is 0.118. The lowest BCUT2D eigenvalue weighted by molar-refractivity contribution is 0.0597. The van der Waals surface area contributed by atoms with E-state index in [4.69, 9.17) is 14.6 Å². The van der Waals surface area contributed by atoms with Gasteiger partial charge < -0.3 is 19.3 Å². The number of esters is 1. The van der Waals surface area contributed by atoms with Crippen LogP contribution in [0.1, 0.15) is 20.7 Å². The van der Waals surface area contributed by atoms with Crippen molar-refractivity contribution in [3.05, 3.63) is 59.7 Å². The summed E-state index contributed by atoms with van der Waals surface area (Å²) in [5.41, 5.74) is 0.0925. The Morgan fingerprint density at radius 3 is 1.92 bits per heavy atom. The van der Waals surface area contributed by atoms with E-state index in [9.17, 15) is 14.4 Å². The number of hydrogen-bond acceptors (Lipinski definition) is 7. The Bertz CT molecular complexity index is 704. The van der Waals surface area contributed by atoms with Gasteiger partial charge in [-0.25, -0.2) is 9.59 Å². The summed E-state index contributed by atoms with van der Waals surface area (Å²) in [6.07, 6.45) is -1.13. The van der Waals surface area contributed by atoms with Gasteiger partial charge in [-0.15, -0.1) is 0 Å². The zero-order valence-corrected chi connectivity index (χ0v) is 12.7. The molecule has 0 radical (unpaired) electrons. The third kappa shape index (κ3) is 3.96. The SMILES string of the molecule is COC(=O)c1ccccc1OC(=O)Oc1ccccc1C(=O)CO. The molecule has 24 heavy (non-hydrogen) atoms. The zero-order chi connectivity index (χ0) is 17.5. The van der Waals surface area contributed by atoms with Crippen LogP contribution in [-0.4, -0.2) is 36.7 Å². The molecule has 2 aromatic rings. The van der Waals surface area contributed by atoms with E-state index in [0.29, 0.717) is 0 Å². The molecule has 0 heterocycles. The van der Waals surface area contributed by atoms with Crippen LogP contribution in [0.5, 0.6) is 11.5 Å². The highest BCUT2D eigenvalue weighted by atomic mass is 16.7. The highest BCUT2D eigenvalue weighted by molar-refractivity contribution is 6.00. The first-order valence-corrected chi connectivity index (χ1v) is 6.87. The first-order valence-electron chi connectivity index (χ1n) is 6.87. The van der Waals surface area contributed by atoms with E-state index in [0.717, 1.165) is 0 Å². The second kappa shape index (κ2) is 7.89. The first-order chi connectivity index (χ1) is 11.6. The number of rotatable bonds is 5. The summed E-state index contributed by atoms with van der Waals surface area (Å²) in [4.78, 5) is 35.2. The van der Waals surface area contributed by atoms with Gasteiger partial charge in [0, 0.05) is 0 Å². The number of aliphatic hydroxyl groups excluding tert-OH is 1. The van der Waals surface area contributed by atoms with Crippen molar-refractivity contribution < 1.29 is 33.7 Å². The van der Waals surface area contributed by atoms with Crippen molar-refractivity contribution in [2.75, 3.05) is 13.7 Å². The summed E-state index contributed by atoms with van der Waals surface area (Å²) in [6.45, 7) is -0.722. The molecule has 7 nitrogen and oxygen atoms in total. The van der Waals surface area contributed by atoms with Crippen LogP contribution in [0.15, 0.2) is 48.5 Å². The molecule has 1 N–H and O–H groups in total. The normalized spacial score (nSPS) is 9.92. The molecule has 0 atom stereocenters. The third-order valence-corrected chi connectivity index (χ3v) is 3.01. The quantitative estimate of drug-likeness (QED) is 0.510. The Hall–Kier alpha value is -3.19. The van der Waals surface area contributed by atoms with Crippen LogP contribution >= 0.6 is 0 Å². The van der Waals surface area contributed by atoms with E-state index in [1.807, 2.05) is 0 Å². The van der Waals surface area contributed by atoms with Crippen LogP contribution in [-0.2, 0) is 4.74 Å². The Morgan fingerprint density at radius 2 is 1.38 bits per heavy atom. The maximum absolute atomic E-state index is 11.9. The van der Waals surface area contributed by atoms with Crippen LogP contribution in [0, 0.1) is 0 Å². The molecule has 0 amide bonds. The van der Waals surface area contributed by atoms with Crippen molar-refractivity contribution in [3.63, 3.8) is 0 Å². The van der Waals surface area contributed by atoms with E-state index in [1.54, 1.807) is 24.3 Å². The van der Waals surface area contributed by atoms with Gasteiger partial charge in [-0.2, -0.15) is 0 Å². The van der Waals surface area contributed by atoms with Gasteiger partial charge in [0.25, 0.3) is 0 Å². The molecule has 0 bridgehead atoms. The largest absolute Gasteiger partial charge is 0.519 e. The molecule has 0 fully saturated rings. The van der Waals surface area contributed by atoms with Crippen LogP contribution in [0.3, 0.4) is 0 Å². The molecule has 0 aliphatic heterocycles. The minimum absolute atomic E-state index is 0.0400. The second-order valence-corrected chi connectivity index (χ2v) is 4.52. The van der Waals surface area contributed by atoms with E-state index in [-0.39, 0.29) is 22.6 Å². The predicted molar refractivity (Wildman–Crippen MR) is 82.3 cm³/mol. The molecule has 7 heteroatoms. The average molecular weight is 330 g/mol. The Balaban J connectivity index is 2.19. The van der Waals surface area contributed by atoms with E-state index in [1.165, 1.54) is 31.4 Å². The minimum Gasteiger partial charge on any atom is -0.465 e. The number of Topliss-reactive ketones (excluding diaryl/α,β-unsaturated/α-hetero) is 1. The molecule has 0 saturated heterocycles. The number of benzene rings is 2. The van der Waals surface area contributed by atoms with Crippen molar-refractivity contribution >= 4 is 17.9 Å². The highest BCUT2D eigenvalue weighted by Gasteiger charge is 2.19. The molecular weight excluding hydrogens is 316 g/mol. The molecule has 0 saturated carbocycles. The van der Waals surface area contributed by atoms with Crippen LogP contribution in [0.25, 0.3) is 0 Å². The number of carbonyl (C=O) groups is 3. The van der Waals surface area contributed by atoms with Gasteiger partial charge in [-0.05, 0) is 24.3 Å². The van der Waals surface area contributed by atoms with E-state index in [2.05, 4.69) is 4.74 Å². The highest BCUT2D eigenvalue weighted by Crippen LogP contribution is 2.22. The van der Waals surface area contributed by atoms with Crippen LogP contribution in [0.2, 0.25) is 0 Å². The number of para-hydroxylation sites is 2. The summed E-state index contributed by atoms with van der Waals surface area (Å²) >= 11 is 0. The number of carbonyl (C=O) groups excluding carboxylic acids is 3. The van der Waals surface area contributed by atoms with Crippen LogP contribution in [0.4, 0.5) is 4.79 Å². The molecule has 124 valence electrons. The summed E-state index contributed by atoms with van der Waals surface area (Å²) in [6, 6.07) is 11.9. The summed E-state index contributed by atoms with van der Waals surface area (Å²) in [5.74, 6) is -1.37. The van der Waals surface area contributed by atoms with Crippen molar-refractivity contribution in [1.29, 1.82) is 0 Å². The number of aliphatic hydroxyl groups is 1. The Kier molecular flexibility index (Phi) is 5.64. The van der Waals surface area contributed by atoms with Crippen LogP contribution < -0.4 is 9.47 Å². The predicted octanol–water partition coefficient (Wildman–Crippen LogP) is 2.23. The molecule has 2 rings (SSSR count). The lowest BCUT2D eigenvalue weighted by Crippen LogP contribution is -2.18. The first kappa shape index (κ1) is 17.2. The minimum atomic E-state index is -1.13. The Labute approximate surface area is 137 Å². The monoisotopic (exact) mass is 330 g/mol. The summed E-state index contributed by atoms with van der Waals surface area (Å²) < 4.78 is 14.6. The topological polar surface area (TPSA) is 99.1 Å². The summed E-state index contributed by atoms with van der Waals surface area (Å²) in [5, 5.41) is 8.93. The van der Waals surface area contributed by atoms with Gasteiger partial charge in [0.1, 0.15) is 23.7 Å². The fourth-order valence-electron chi connectivity index (χ4n) is 1.91. The fourth-order valence-corrected chi connectivity index (χ4v) is 1.91. The average Bonchev–Trinajstić information content (AvgIpc) is 2.61. The van der Waals surface area contributed by atoms with Gasteiger partial charge in [0.2, 0.25) is 0 Å². The third-order valence-electron chi connectivity index (χ3n) is 3.01. The molecule has 0 unspecified atom stereocenters. The maximum atomic E-state index is 11.9. The van der Waals surface area contributed by atoms with Gasteiger partial charge in [0.05, 0.1) is 12.7 Å². The number of ketones is 1. The Morgan fingerprint density at radius 1 is 0.875 bits per heavy atom.